The van der Waals surface area contributed by atoms with Crippen molar-refractivity contribution in [2.45, 2.75) is 26.2 Å². The summed E-state index contributed by atoms with van der Waals surface area (Å²) in [6.45, 7) is 6.63. The van der Waals surface area contributed by atoms with Crippen molar-refractivity contribution in [3.8, 4) is 44.5 Å². The molecule has 17 rings (SSSR count). The predicted octanol–water partition coefficient (Wildman–Crippen LogP) is 16.5. The van der Waals surface area contributed by atoms with E-state index >= 15 is 0 Å². The van der Waals surface area contributed by atoms with Gasteiger partial charge in [-0.3, -0.25) is 0 Å². The molecule has 2 heterocycles. The molecule has 0 unspecified atom stereocenters. The van der Waals surface area contributed by atoms with Crippen molar-refractivity contribution in [1.82, 2.24) is 0 Å². The molecule has 2 nitrogen and oxygen atoms in total. The first-order valence-corrected chi connectivity index (χ1v) is 38.3. The Bertz CT molecular complexity index is 5640. The molecule has 0 atom stereocenters. The Balaban J connectivity index is 1.05. The van der Waals surface area contributed by atoms with Gasteiger partial charge in [-0.15, -0.1) is 0 Å². The van der Waals surface area contributed by atoms with Crippen LogP contribution in [0.4, 0.5) is 34.1 Å². The van der Waals surface area contributed by atoms with Crippen LogP contribution in [-0.2, 0) is 5.41 Å². The molecule has 2 aliphatic rings. The molecule has 0 saturated heterocycles. The van der Waals surface area contributed by atoms with Crippen LogP contribution in [-0.4, -0.2) is 22.9 Å². The second kappa shape index (κ2) is 25.4. The number of nitrogens with zero attached hydrogens (tertiary/aromatic N) is 2. The molecular formula is C94H73BN2Si2. The van der Waals surface area contributed by atoms with Crippen molar-refractivity contribution in [1.29, 1.82) is 0 Å². The van der Waals surface area contributed by atoms with Gasteiger partial charge in [0, 0.05) is 33.9 Å². The zero-order valence-electron chi connectivity index (χ0n) is 60.5. The van der Waals surface area contributed by atoms with Crippen LogP contribution in [0.2, 0.25) is 0 Å². The average molecular weight is 1300 g/mol. The molecule has 5 heteroatoms. The molecule has 15 aromatic carbocycles. The van der Waals surface area contributed by atoms with E-state index in [0.29, 0.717) is 5.56 Å². The molecule has 2 aliphatic heterocycles. The summed E-state index contributed by atoms with van der Waals surface area (Å²) in [6, 6.07) is 131. The Kier molecular flexibility index (Phi) is 14.3. The second-order valence-corrected chi connectivity index (χ2v) is 34.7. The zero-order valence-corrected chi connectivity index (χ0v) is 57.5. The van der Waals surface area contributed by atoms with E-state index < -0.39 is 22.2 Å². The highest BCUT2D eigenvalue weighted by Crippen LogP contribution is 2.49. The number of benzene rings is 15. The lowest BCUT2D eigenvalue weighted by Gasteiger charge is -2.47. The third kappa shape index (κ3) is 10.5. The molecule has 470 valence electrons. The fourth-order valence-corrected chi connectivity index (χ4v) is 25.7. The zero-order chi connectivity index (χ0) is 70.8. The summed E-state index contributed by atoms with van der Waals surface area (Å²) in [6.07, 6.45) is 0. The number of hydrogen-bond donors (Lipinski definition) is 0. The summed E-state index contributed by atoms with van der Waals surface area (Å²) in [5.41, 5.74) is 18.5. The van der Waals surface area contributed by atoms with Crippen LogP contribution in [0.5, 0.6) is 0 Å². The maximum atomic E-state index is 9.37. The van der Waals surface area contributed by atoms with Crippen molar-refractivity contribution in [2.75, 3.05) is 9.80 Å². The minimum atomic E-state index is -3.60. The van der Waals surface area contributed by atoms with Crippen LogP contribution in [0.1, 0.15) is 33.2 Å². The molecule has 0 saturated carbocycles. The number of anilines is 6. The van der Waals surface area contributed by atoms with Crippen molar-refractivity contribution < 1.29 is 6.85 Å². The molecule has 0 radical (unpaired) electrons. The highest BCUT2D eigenvalue weighted by molar-refractivity contribution is 7.21. The Hall–Kier alpha value is -11.6. The first-order chi connectivity index (χ1) is 50.8. The Morgan fingerprint density at radius 1 is 0.263 bits per heavy atom. The van der Waals surface area contributed by atoms with E-state index in [0.717, 1.165) is 93.7 Å². The number of hydrogen-bond acceptors (Lipinski definition) is 2. The first kappa shape index (κ1) is 55.5. The standard InChI is InChI=1S/C94H73BN2Si2/c1-94(2,3)74-58-61-88(84(64-74)71-40-18-7-19-41-71)96-89-57-31-29-55-85(89)95-86-60-59-81(98(75-44-20-8-21-45-75,76-46-22-9-23-47-76)79-52-32-42-72(62-79)68-34-12-4-13-35-68)65-90(86)97(87-56-30-28-54-83(87)70-38-16-6-17-39-70)92-67-82(66-91(96)93(92)95)99(77-48-24-10-25-49-77,78-50-26-11-27-51-78)80-53-33-43-73(63-80)69-36-14-5-15-37-69/h4-67H,1-3H3/i4D,12D,13D,34D,35D. The van der Waals surface area contributed by atoms with Crippen molar-refractivity contribution in [2.24, 2.45) is 0 Å². The summed E-state index contributed by atoms with van der Waals surface area (Å²) in [7, 11) is -7.13. The summed E-state index contributed by atoms with van der Waals surface area (Å²) in [5.74, 6) is 0. The number of rotatable bonds is 14. The van der Waals surface area contributed by atoms with Crippen molar-refractivity contribution >= 4 is 115 Å². The van der Waals surface area contributed by atoms with Crippen LogP contribution in [0, 0.1) is 0 Å². The van der Waals surface area contributed by atoms with Gasteiger partial charge >= 0.3 is 0 Å². The fraction of sp³-hybridized carbons (Fsp3) is 0.0426. The largest absolute Gasteiger partial charge is 0.311 e. The third-order valence-corrected chi connectivity index (χ3v) is 30.1. The Morgan fingerprint density at radius 3 is 1.18 bits per heavy atom. The lowest BCUT2D eigenvalue weighted by atomic mass is 9.33. The van der Waals surface area contributed by atoms with Gasteiger partial charge in [0.05, 0.1) is 18.2 Å². The topological polar surface area (TPSA) is 6.48 Å². The van der Waals surface area contributed by atoms with Gasteiger partial charge in [0.2, 0.25) is 0 Å². The monoisotopic (exact) mass is 1300 g/mol. The molecular weight excluding hydrogens is 1220 g/mol. The third-order valence-electron chi connectivity index (χ3n) is 20.6. The fourth-order valence-electron chi connectivity index (χ4n) is 16.1. The van der Waals surface area contributed by atoms with Gasteiger partial charge in [0.1, 0.15) is 0 Å². The van der Waals surface area contributed by atoms with Crippen molar-refractivity contribution in [3.05, 3.63) is 394 Å². The molecule has 0 aliphatic carbocycles. The quantitative estimate of drug-likeness (QED) is 0.0791. The maximum Gasteiger partial charge on any atom is 0.252 e. The van der Waals surface area contributed by atoms with Crippen LogP contribution >= 0.6 is 0 Å². The smallest absolute Gasteiger partial charge is 0.252 e. The summed E-state index contributed by atoms with van der Waals surface area (Å²) in [5, 5.41) is 9.35. The van der Waals surface area contributed by atoms with Crippen molar-refractivity contribution in [3.63, 3.8) is 0 Å². The Morgan fingerprint density at radius 2 is 0.646 bits per heavy atom. The van der Waals surface area contributed by atoms with Crippen LogP contribution < -0.4 is 67.7 Å². The minimum absolute atomic E-state index is 0.152. The molecule has 0 bridgehead atoms. The van der Waals surface area contributed by atoms with Crippen LogP contribution in [0.25, 0.3) is 44.5 Å². The number of para-hydroxylation sites is 2. The van der Waals surface area contributed by atoms with E-state index in [1.165, 1.54) is 37.2 Å². The molecule has 99 heavy (non-hydrogen) atoms. The predicted molar refractivity (Wildman–Crippen MR) is 428 cm³/mol. The van der Waals surface area contributed by atoms with Gasteiger partial charge in [-0.2, -0.15) is 0 Å². The van der Waals surface area contributed by atoms with Gasteiger partial charge in [-0.25, -0.2) is 0 Å². The van der Waals surface area contributed by atoms with E-state index in [9.17, 15) is 2.74 Å². The van der Waals surface area contributed by atoms with Gasteiger partial charge in [0.25, 0.3) is 6.71 Å². The molecule has 0 amide bonds. The van der Waals surface area contributed by atoms with Gasteiger partial charge in [-0.1, -0.05) is 366 Å². The highest BCUT2D eigenvalue weighted by atomic mass is 28.3. The first-order valence-electron chi connectivity index (χ1n) is 36.8. The van der Waals surface area contributed by atoms with E-state index in [-0.39, 0.29) is 41.9 Å². The van der Waals surface area contributed by atoms with Gasteiger partial charge < -0.3 is 9.80 Å². The molecule has 15 aromatic rings. The molecule has 0 spiro atoms. The summed E-state index contributed by atoms with van der Waals surface area (Å²) >= 11 is 0. The SMILES string of the molecule is [2H]c1c([2H])c([2H])c(-c2cccc([Si](c3ccccc3)(c3ccccc3)c3ccc4c(c3)N(c3ccccc3-c3ccccc3)c3cc([Si](c5ccccc5)(c5ccccc5)c5cccc(-c6ccccc6)c5)cc5c3B4c3ccccc3N5c3ccc(C(C)(C)C)cc3-c3ccccc3)c2)c([2H])c1[2H]. The van der Waals surface area contributed by atoms with Crippen LogP contribution in [0.15, 0.2) is 388 Å². The minimum Gasteiger partial charge on any atom is -0.311 e. The van der Waals surface area contributed by atoms with Gasteiger partial charge in [0.15, 0.2) is 16.1 Å². The van der Waals surface area contributed by atoms with Crippen LogP contribution in [0.3, 0.4) is 0 Å². The average Bonchev–Trinajstić information content (AvgIpc) is 0.684. The summed E-state index contributed by atoms with van der Waals surface area (Å²) < 4.78 is 45.2. The second-order valence-electron chi connectivity index (χ2n) is 27.1. The summed E-state index contributed by atoms with van der Waals surface area (Å²) in [4.78, 5) is 5.24. The Labute approximate surface area is 592 Å². The lowest BCUT2D eigenvalue weighted by molar-refractivity contribution is 0.590. The van der Waals surface area contributed by atoms with E-state index in [1.54, 1.807) is 0 Å². The van der Waals surface area contributed by atoms with E-state index in [2.05, 4.69) is 376 Å². The number of fused-ring (bicyclic) bond motifs is 4. The maximum absolute atomic E-state index is 9.37. The molecule has 0 N–H and O–H groups in total. The molecule has 0 aromatic heterocycles. The molecule has 0 fully saturated rings. The van der Waals surface area contributed by atoms with E-state index in [1.807, 2.05) is 12.1 Å². The van der Waals surface area contributed by atoms with E-state index in [4.69, 9.17) is 4.11 Å². The normalized spacial score (nSPS) is 13.2. The van der Waals surface area contributed by atoms with Gasteiger partial charge in [-0.05, 0) is 145 Å². The lowest BCUT2D eigenvalue weighted by Crippen LogP contribution is -2.75. The highest BCUT2D eigenvalue weighted by Gasteiger charge is 2.50.